The summed E-state index contributed by atoms with van der Waals surface area (Å²) in [5.41, 5.74) is 1.34. The van der Waals surface area contributed by atoms with Gasteiger partial charge in [-0.25, -0.2) is 4.98 Å². The van der Waals surface area contributed by atoms with Gasteiger partial charge in [0.1, 0.15) is 0 Å². The molecule has 0 unspecified atom stereocenters. The zero-order chi connectivity index (χ0) is 13.3. The molecule has 4 nitrogen and oxygen atoms in total. The average Bonchev–Trinajstić information content (AvgIpc) is 2.46. The molecule has 0 atom stereocenters. The van der Waals surface area contributed by atoms with Gasteiger partial charge in [-0.05, 0) is 30.6 Å². The molecule has 0 radical (unpaired) electrons. The van der Waals surface area contributed by atoms with Crippen LogP contribution in [0.2, 0.25) is 0 Å². The van der Waals surface area contributed by atoms with E-state index < -0.39 is 0 Å². The fraction of sp³-hybridized carbons (Fsp3) is 0.214. The second-order valence-electron chi connectivity index (χ2n) is 4.06. The van der Waals surface area contributed by atoms with Crippen molar-refractivity contribution in [2.75, 3.05) is 11.9 Å². The van der Waals surface area contributed by atoms with E-state index in [1.165, 1.54) is 5.56 Å². The number of thiocarbonyl (C=S) groups is 1. The van der Waals surface area contributed by atoms with E-state index in [1.807, 2.05) is 6.07 Å². The summed E-state index contributed by atoms with van der Waals surface area (Å²) >= 11 is 5.18. The maximum atomic E-state index is 5.18. The summed E-state index contributed by atoms with van der Waals surface area (Å²) in [7, 11) is 0. The predicted molar refractivity (Wildman–Crippen MR) is 81.0 cm³/mol. The van der Waals surface area contributed by atoms with Crippen LogP contribution < -0.4 is 10.6 Å². The Morgan fingerprint density at radius 1 is 1.16 bits per heavy atom. The molecule has 5 heteroatoms. The highest BCUT2D eigenvalue weighted by atomic mass is 32.1. The van der Waals surface area contributed by atoms with Gasteiger partial charge in [-0.1, -0.05) is 30.3 Å². The molecule has 98 valence electrons. The average molecular weight is 272 g/mol. The lowest BCUT2D eigenvalue weighted by molar-refractivity contribution is 0.777. The van der Waals surface area contributed by atoms with Crippen molar-refractivity contribution in [1.82, 2.24) is 15.3 Å². The summed E-state index contributed by atoms with van der Waals surface area (Å²) in [4.78, 5) is 8.05. The van der Waals surface area contributed by atoms with Crippen molar-refractivity contribution in [1.29, 1.82) is 0 Å². The summed E-state index contributed by atoms with van der Waals surface area (Å²) in [6.45, 7) is 0.834. The third-order valence-corrected chi connectivity index (χ3v) is 2.82. The molecule has 2 rings (SSSR count). The lowest BCUT2D eigenvalue weighted by atomic mass is 10.1. The fourth-order valence-electron chi connectivity index (χ4n) is 1.66. The minimum absolute atomic E-state index is 0.577. The van der Waals surface area contributed by atoms with Gasteiger partial charge in [0.05, 0.1) is 6.20 Å². The van der Waals surface area contributed by atoms with Crippen LogP contribution in [0.3, 0.4) is 0 Å². The van der Waals surface area contributed by atoms with Gasteiger partial charge in [-0.3, -0.25) is 4.98 Å². The summed E-state index contributed by atoms with van der Waals surface area (Å²) in [5.74, 6) is 0.656. The standard InChI is InChI=1S/C14H16N4S/c19-14(18-13-11-15-9-10-16-13)17-8-4-7-12-5-2-1-3-6-12/h1-3,5-6,9-11H,4,7-8H2,(H2,16,17,18,19). The number of hydrogen-bond acceptors (Lipinski definition) is 3. The highest BCUT2D eigenvalue weighted by Gasteiger charge is 1.98. The Bertz CT molecular complexity index is 501. The second kappa shape index (κ2) is 7.43. The molecule has 0 fully saturated rings. The molecule has 0 aliphatic carbocycles. The highest BCUT2D eigenvalue weighted by molar-refractivity contribution is 7.80. The quantitative estimate of drug-likeness (QED) is 0.646. The number of nitrogens with zero attached hydrogens (tertiary/aromatic N) is 2. The normalized spacial score (nSPS) is 9.89. The van der Waals surface area contributed by atoms with E-state index in [2.05, 4.69) is 44.9 Å². The number of rotatable bonds is 5. The SMILES string of the molecule is S=C(NCCCc1ccccc1)Nc1cnccn1. The Labute approximate surface area is 118 Å². The van der Waals surface area contributed by atoms with Gasteiger partial charge in [-0.15, -0.1) is 0 Å². The Hall–Kier alpha value is -2.01. The van der Waals surface area contributed by atoms with Gasteiger partial charge in [0.15, 0.2) is 10.9 Å². The molecule has 0 aliphatic rings. The highest BCUT2D eigenvalue weighted by Crippen LogP contribution is 2.01. The number of hydrogen-bond donors (Lipinski definition) is 2. The minimum Gasteiger partial charge on any atom is -0.362 e. The molecule has 0 aliphatic heterocycles. The van der Waals surface area contributed by atoms with E-state index in [1.54, 1.807) is 18.6 Å². The van der Waals surface area contributed by atoms with Gasteiger partial charge < -0.3 is 10.6 Å². The molecule has 2 N–H and O–H groups in total. The van der Waals surface area contributed by atoms with Gasteiger partial charge >= 0.3 is 0 Å². The molecule has 1 heterocycles. The van der Waals surface area contributed by atoms with E-state index in [0.717, 1.165) is 19.4 Å². The summed E-state index contributed by atoms with van der Waals surface area (Å²) in [6, 6.07) is 10.4. The molecule has 0 amide bonds. The van der Waals surface area contributed by atoms with E-state index in [0.29, 0.717) is 10.9 Å². The maximum absolute atomic E-state index is 5.18. The molecule has 0 spiro atoms. The number of anilines is 1. The van der Waals surface area contributed by atoms with Crippen LogP contribution in [0, 0.1) is 0 Å². The second-order valence-corrected chi connectivity index (χ2v) is 4.47. The fourth-order valence-corrected chi connectivity index (χ4v) is 1.87. The van der Waals surface area contributed by atoms with Crippen molar-refractivity contribution in [2.45, 2.75) is 12.8 Å². The lowest BCUT2D eigenvalue weighted by Gasteiger charge is -2.09. The van der Waals surface area contributed by atoms with E-state index in [9.17, 15) is 0 Å². The number of aromatic nitrogens is 2. The monoisotopic (exact) mass is 272 g/mol. The number of benzene rings is 1. The molecular formula is C14H16N4S. The Morgan fingerprint density at radius 2 is 2.00 bits per heavy atom. The van der Waals surface area contributed by atoms with Crippen molar-refractivity contribution in [3.05, 3.63) is 54.5 Å². The predicted octanol–water partition coefficient (Wildman–Crippen LogP) is 2.40. The van der Waals surface area contributed by atoms with Gasteiger partial charge in [0.25, 0.3) is 0 Å². The first-order chi connectivity index (χ1) is 9.34. The van der Waals surface area contributed by atoms with E-state index in [-0.39, 0.29) is 0 Å². The Morgan fingerprint density at radius 3 is 2.74 bits per heavy atom. The number of nitrogens with one attached hydrogen (secondary N) is 2. The van der Waals surface area contributed by atoms with Crippen LogP contribution in [0.15, 0.2) is 48.9 Å². The summed E-state index contributed by atoms with van der Waals surface area (Å²) < 4.78 is 0. The van der Waals surface area contributed by atoms with Crippen LogP contribution in [-0.2, 0) is 6.42 Å². The topological polar surface area (TPSA) is 49.8 Å². The third-order valence-electron chi connectivity index (χ3n) is 2.58. The molecule has 0 saturated heterocycles. The van der Waals surface area contributed by atoms with Gasteiger partial charge in [0.2, 0.25) is 0 Å². The van der Waals surface area contributed by atoms with Crippen molar-refractivity contribution in [2.24, 2.45) is 0 Å². The van der Waals surface area contributed by atoms with Crippen LogP contribution in [0.4, 0.5) is 5.82 Å². The van der Waals surface area contributed by atoms with Crippen LogP contribution >= 0.6 is 12.2 Å². The minimum atomic E-state index is 0.577. The maximum Gasteiger partial charge on any atom is 0.171 e. The Balaban J connectivity index is 1.65. The molecule has 1 aromatic carbocycles. The van der Waals surface area contributed by atoms with Crippen LogP contribution in [0.25, 0.3) is 0 Å². The first kappa shape index (κ1) is 13.4. The molecule has 1 aromatic heterocycles. The first-order valence-electron chi connectivity index (χ1n) is 6.19. The van der Waals surface area contributed by atoms with Crippen molar-refractivity contribution < 1.29 is 0 Å². The summed E-state index contributed by atoms with van der Waals surface area (Å²) in [6.07, 6.45) is 6.97. The van der Waals surface area contributed by atoms with Crippen LogP contribution in [0.5, 0.6) is 0 Å². The van der Waals surface area contributed by atoms with Crippen molar-refractivity contribution in [3.8, 4) is 0 Å². The largest absolute Gasteiger partial charge is 0.362 e. The first-order valence-corrected chi connectivity index (χ1v) is 6.60. The van der Waals surface area contributed by atoms with Gasteiger partial charge in [-0.2, -0.15) is 0 Å². The zero-order valence-corrected chi connectivity index (χ0v) is 11.4. The van der Waals surface area contributed by atoms with Crippen molar-refractivity contribution >= 4 is 23.1 Å². The van der Waals surface area contributed by atoms with E-state index >= 15 is 0 Å². The van der Waals surface area contributed by atoms with Crippen molar-refractivity contribution in [3.63, 3.8) is 0 Å². The van der Waals surface area contributed by atoms with Gasteiger partial charge in [0, 0.05) is 18.9 Å². The lowest BCUT2D eigenvalue weighted by Crippen LogP contribution is -2.29. The molecule has 0 saturated carbocycles. The van der Waals surface area contributed by atoms with Crippen LogP contribution in [-0.4, -0.2) is 21.6 Å². The smallest absolute Gasteiger partial charge is 0.171 e. The molecule has 2 aromatic rings. The Kier molecular flexibility index (Phi) is 5.25. The number of aryl methyl sites for hydroxylation is 1. The molecule has 19 heavy (non-hydrogen) atoms. The molecule has 0 bridgehead atoms. The molecular weight excluding hydrogens is 256 g/mol. The summed E-state index contributed by atoms with van der Waals surface area (Å²) in [5, 5.41) is 6.72. The zero-order valence-electron chi connectivity index (χ0n) is 10.5. The van der Waals surface area contributed by atoms with Crippen LogP contribution in [0.1, 0.15) is 12.0 Å². The van der Waals surface area contributed by atoms with E-state index in [4.69, 9.17) is 12.2 Å². The third kappa shape index (κ3) is 5.01.